The predicted octanol–water partition coefficient (Wildman–Crippen LogP) is 3.60. The van der Waals surface area contributed by atoms with Crippen LogP contribution in [0.5, 0.6) is 5.75 Å². The second kappa shape index (κ2) is 6.80. The van der Waals surface area contributed by atoms with Crippen molar-refractivity contribution in [2.24, 2.45) is 0 Å². The molecule has 6 heteroatoms. The molecular weight excluding hydrogens is 324 g/mol. The summed E-state index contributed by atoms with van der Waals surface area (Å²) in [7, 11) is 0. The Hall–Kier alpha value is -2.47. The summed E-state index contributed by atoms with van der Waals surface area (Å²) in [5.74, 6) is -0.288. The highest BCUT2D eigenvalue weighted by molar-refractivity contribution is 5.75. The minimum atomic E-state index is -0.882. The number of ether oxygens (including phenoxy) is 1. The topological polar surface area (TPSA) is 30.3 Å². The fourth-order valence-electron chi connectivity index (χ4n) is 3.25. The maximum atomic E-state index is 13.1. The van der Waals surface area contributed by atoms with Crippen LogP contribution < -0.4 is 4.74 Å². The zero-order valence-corrected chi connectivity index (χ0v) is 13.8. The third kappa shape index (κ3) is 3.35. The summed E-state index contributed by atoms with van der Waals surface area (Å²) in [5.41, 5.74) is 2.24. The Balaban J connectivity index is 1.30. The smallest absolute Gasteiger partial charge is 0.162 e. The van der Waals surface area contributed by atoms with Crippen LogP contribution in [0.2, 0.25) is 0 Å². The highest BCUT2D eigenvalue weighted by Gasteiger charge is 2.19. The zero-order valence-electron chi connectivity index (χ0n) is 13.8. The van der Waals surface area contributed by atoms with E-state index in [1.165, 1.54) is 11.6 Å². The minimum Gasteiger partial charge on any atom is -0.493 e. The average Bonchev–Trinajstić information content (AvgIpc) is 2.99. The molecule has 130 valence electrons. The Morgan fingerprint density at radius 1 is 1.04 bits per heavy atom. The van der Waals surface area contributed by atoms with E-state index in [-0.39, 0.29) is 0 Å². The van der Waals surface area contributed by atoms with Gasteiger partial charge in [-0.3, -0.25) is 4.90 Å². The SMILES string of the molecule is Fc1ccc(OCCCN2CCn3c(nc4ccccc43)C2)cc1F. The van der Waals surface area contributed by atoms with Crippen molar-refractivity contribution in [2.45, 2.75) is 19.5 Å². The zero-order chi connectivity index (χ0) is 17.2. The fraction of sp³-hybridized carbons (Fsp3) is 0.316. The molecule has 0 bridgehead atoms. The van der Waals surface area contributed by atoms with Gasteiger partial charge in [0.2, 0.25) is 0 Å². The van der Waals surface area contributed by atoms with Crippen LogP contribution in [0.4, 0.5) is 8.78 Å². The lowest BCUT2D eigenvalue weighted by atomic mass is 10.3. The van der Waals surface area contributed by atoms with Crippen LogP contribution in [0.25, 0.3) is 11.0 Å². The Labute approximate surface area is 144 Å². The maximum absolute atomic E-state index is 13.1. The number of fused-ring (bicyclic) bond motifs is 3. The van der Waals surface area contributed by atoms with Crippen molar-refractivity contribution in [2.75, 3.05) is 19.7 Å². The van der Waals surface area contributed by atoms with Crippen molar-refractivity contribution in [3.05, 3.63) is 59.9 Å². The van der Waals surface area contributed by atoms with Crippen LogP contribution in [0, 0.1) is 11.6 Å². The second-order valence-electron chi connectivity index (χ2n) is 6.22. The summed E-state index contributed by atoms with van der Waals surface area (Å²) >= 11 is 0. The third-order valence-electron chi connectivity index (χ3n) is 4.52. The molecule has 4 nitrogen and oxygen atoms in total. The molecule has 0 radical (unpaired) electrons. The summed E-state index contributed by atoms with van der Waals surface area (Å²) in [6.07, 6.45) is 0.819. The Bertz CT molecular complexity index is 894. The van der Waals surface area contributed by atoms with E-state index in [9.17, 15) is 8.78 Å². The van der Waals surface area contributed by atoms with E-state index in [4.69, 9.17) is 9.72 Å². The molecule has 0 spiro atoms. The molecule has 0 aliphatic carbocycles. The van der Waals surface area contributed by atoms with Gasteiger partial charge in [-0.15, -0.1) is 0 Å². The standard InChI is InChI=1S/C19H19F2N3O/c20-15-7-6-14(12-16(15)21)25-11-3-8-23-9-10-24-18-5-2-1-4-17(18)22-19(24)13-23/h1-2,4-7,12H,3,8-11,13H2. The molecule has 1 aliphatic rings. The van der Waals surface area contributed by atoms with Gasteiger partial charge >= 0.3 is 0 Å². The Morgan fingerprint density at radius 2 is 1.92 bits per heavy atom. The molecule has 3 aromatic rings. The summed E-state index contributed by atoms with van der Waals surface area (Å²) in [4.78, 5) is 7.05. The van der Waals surface area contributed by atoms with Crippen molar-refractivity contribution in [3.63, 3.8) is 0 Å². The van der Waals surface area contributed by atoms with Crippen molar-refractivity contribution < 1.29 is 13.5 Å². The molecule has 0 saturated heterocycles. The lowest BCUT2D eigenvalue weighted by molar-refractivity contribution is 0.197. The van der Waals surface area contributed by atoms with Gasteiger partial charge in [0.25, 0.3) is 0 Å². The summed E-state index contributed by atoms with van der Waals surface area (Å²) in [6.45, 7) is 4.07. The quantitative estimate of drug-likeness (QED) is 0.663. The first-order valence-electron chi connectivity index (χ1n) is 8.45. The lowest BCUT2D eigenvalue weighted by Crippen LogP contribution is -2.35. The van der Waals surface area contributed by atoms with E-state index in [0.29, 0.717) is 12.4 Å². The molecule has 0 saturated carbocycles. The van der Waals surface area contributed by atoms with Crippen molar-refractivity contribution in [3.8, 4) is 5.75 Å². The molecule has 0 N–H and O–H groups in total. The van der Waals surface area contributed by atoms with E-state index >= 15 is 0 Å². The molecule has 2 aromatic carbocycles. The van der Waals surface area contributed by atoms with Crippen LogP contribution in [0.15, 0.2) is 42.5 Å². The van der Waals surface area contributed by atoms with Crippen LogP contribution in [0.3, 0.4) is 0 Å². The van der Waals surface area contributed by atoms with E-state index in [1.807, 2.05) is 18.2 Å². The molecule has 25 heavy (non-hydrogen) atoms. The van der Waals surface area contributed by atoms with Gasteiger partial charge < -0.3 is 9.30 Å². The number of hydrogen-bond donors (Lipinski definition) is 0. The Morgan fingerprint density at radius 3 is 2.80 bits per heavy atom. The lowest BCUT2D eigenvalue weighted by Gasteiger charge is -2.27. The molecule has 4 rings (SSSR count). The monoisotopic (exact) mass is 343 g/mol. The molecule has 2 heterocycles. The number of aromatic nitrogens is 2. The molecular formula is C19H19F2N3O. The van der Waals surface area contributed by atoms with Gasteiger partial charge in [0, 0.05) is 25.7 Å². The van der Waals surface area contributed by atoms with Gasteiger partial charge in [0.1, 0.15) is 11.6 Å². The van der Waals surface area contributed by atoms with Gasteiger partial charge in [-0.2, -0.15) is 0 Å². The fourth-order valence-corrected chi connectivity index (χ4v) is 3.25. The number of hydrogen-bond acceptors (Lipinski definition) is 3. The summed E-state index contributed by atoms with van der Waals surface area (Å²) in [6, 6.07) is 11.8. The maximum Gasteiger partial charge on any atom is 0.162 e. The van der Waals surface area contributed by atoms with Gasteiger partial charge in [0.05, 0.1) is 24.2 Å². The number of rotatable bonds is 5. The van der Waals surface area contributed by atoms with Crippen LogP contribution in [0.1, 0.15) is 12.2 Å². The molecule has 0 amide bonds. The summed E-state index contributed by atoms with van der Waals surface area (Å²) in [5, 5.41) is 0. The molecule has 0 fully saturated rings. The van der Waals surface area contributed by atoms with E-state index in [0.717, 1.165) is 56.1 Å². The van der Waals surface area contributed by atoms with Crippen molar-refractivity contribution in [1.82, 2.24) is 14.5 Å². The number of para-hydroxylation sites is 2. The number of benzene rings is 2. The van der Waals surface area contributed by atoms with E-state index in [1.54, 1.807) is 0 Å². The molecule has 1 aliphatic heterocycles. The minimum absolute atomic E-state index is 0.360. The van der Waals surface area contributed by atoms with E-state index < -0.39 is 11.6 Å². The van der Waals surface area contributed by atoms with Gasteiger partial charge in [-0.1, -0.05) is 12.1 Å². The highest BCUT2D eigenvalue weighted by Crippen LogP contribution is 2.21. The summed E-state index contributed by atoms with van der Waals surface area (Å²) < 4.78 is 33.8. The highest BCUT2D eigenvalue weighted by atomic mass is 19.2. The Kier molecular flexibility index (Phi) is 4.36. The van der Waals surface area contributed by atoms with Crippen molar-refractivity contribution >= 4 is 11.0 Å². The normalized spacial score (nSPS) is 14.6. The van der Waals surface area contributed by atoms with Gasteiger partial charge in [-0.25, -0.2) is 13.8 Å². The van der Waals surface area contributed by atoms with Crippen LogP contribution >= 0.6 is 0 Å². The third-order valence-corrected chi connectivity index (χ3v) is 4.52. The first-order valence-corrected chi connectivity index (χ1v) is 8.45. The largest absolute Gasteiger partial charge is 0.493 e. The van der Waals surface area contributed by atoms with Crippen molar-refractivity contribution in [1.29, 1.82) is 0 Å². The molecule has 0 unspecified atom stereocenters. The van der Waals surface area contributed by atoms with Gasteiger partial charge in [0.15, 0.2) is 11.6 Å². The van der Waals surface area contributed by atoms with E-state index in [2.05, 4.69) is 15.5 Å². The first-order chi connectivity index (χ1) is 12.2. The number of halogens is 2. The number of nitrogens with zero attached hydrogens (tertiary/aromatic N) is 3. The molecule has 1 aromatic heterocycles. The number of imidazole rings is 1. The van der Waals surface area contributed by atoms with Crippen LogP contribution in [-0.2, 0) is 13.1 Å². The molecule has 0 atom stereocenters. The first kappa shape index (κ1) is 16.0. The van der Waals surface area contributed by atoms with Gasteiger partial charge in [-0.05, 0) is 30.7 Å². The average molecular weight is 343 g/mol. The predicted molar refractivity (Wildman–Crippen MR) is 91.5 cm³/mol. The van der Waals surface area contributed by atoms with Crippen LogP contribution in [-0.4, -0.2) is 34.1 Å². The second-order valence-corrected chi connectivity index (χ2v) is 6.22.